The van der Waals surface area contributed by atoms with Crippen molar-refractivity contribution in [2.75, 3.05) is 20.2 Å². The van der Waals surface area contributed by atoms with Crippen molar-refractivity contribution in [1.29, 1.82) is 0 Å². The van der Waals surface area contributed by atoms with Gasteiger partial charge in [-0.2, -0.15) is 0 Å². The number of carbonyl (C=O) groups excluding carboxylic acids is 1. The molecule has 0 saturated carbocycles. The van der Waals surface area contributed by atoms with Crippen LogP contribution < -0.4 is 10.4 Å². The molecule has 0 aliphatic heterocycles. The van der Waals surface area contributed by atoms with Gasteiger partial charge in [-0.05, 0) is 30.3 Å². The Hall–Kier alpha value is -2.73. The average Bonchev–Trinajstić information content (AvgIpc) is 2.87. The summed E-state index contributed by atoms with van der Waals surface area (Å²) >= 11 is 5.91. The van der Waals surface area contributed by atoms with E-state index in [4.69, 9.17) is 16.3 Å². The summed E-state index contributed by atoms with van der Waals surface area (Å²) in [5.74, 6) is 0.502. The molecule has 7 heteroatoms. The number of carbonyl (C=O) groups is 1. The third-order valence-corrected chi connectivity index (χ3v) is 4.50. The van der Waals surface area contributed by atoms with Crippen LogP contribution in [0.2, 0.25) is 5.02 Å². The Morgan fingerprint density at radius 3 is 2.62 bits per heavy atom. The van der Waals surface area contributed by atoms with Crippen LogP contribution in [0.3, 0.4) is 0 Å². The van der Waals surface area contributed by atoms with Crippen LogP contribution in [0.5, 0.6) is 5.75 Å². The number of fused-ring (bicyclic) bond motifs is 1. The number of hydrogen-bond donors (Lipinski definition) is 0. The molecule has 0 aliphatic rings. The number of rotatable bonds is 6. The Labute approximate surface area is 156 Å². The summed E-state index contributed by atoms with van der Waals surface area (Å²) in [5, 5.41) is 0.599. The Bertz CT molecular complexity index is 993. The zero-order chi connectivity index (χ0) is 18.7. The van der Waals surface area contributed by atoms with Crippen LogP contribution in [0.4, 0.5) is 0 Å². The van der Waals surface area contributed by atoms with Crippen molar-refractivity contribution >= 4 is 28.5 Å². The topological polar surface area (TPSA) is 56.5 Å². The van der Waals surface area contributed by atoms with E-state index in [1.165, 1.54) is 4.57 Å². The van der Waals surface area contributed by atoms with E-state index in [0.29, 0.717) is 23.9 Å². The highest BCUT2D eigenvalue weighted by molar-refractivity contribution is 6.30. The summed E-state index contributed by atoms with van der Waals surface area (Å²) in [7, 11) is 3.40. The Morgan fingerprint density at radius 2 is 1.88 bits per heavy atom. The van der Waals surface area contributed by atoms with Crippen LogP contribution >= 0.6 is 11.6 Å². The number of imidazole rings is 1. The SMILES string of the molecule is CN(CCOc1cccc(Cl)c1)C(=O)Cn1c(=O)n(C)c2ccccc21. The third-order valence-electron chi connectivity index (χ3n) is 4.26. The molecule has 6 nitrogen and oxygen atoms in total. The maximum Gasteiger partial charge on any atom is 0.329 e. The van der Waals surface area contributed by atoms with Crippen molar-refractivity contribution in [3.8, 4) is 5.75 Å². The second kappa shape index (κ2) is 7.66. The first kappa shape index (κ1) is 18.1. The number of hydrogen-bond acceptors (Lipinski definition) is 3. The maximum atomic E-state index is 12.5. The molecule has 3 aromatic rings. The summed E-state index contributed by atoms with van der Waals surface area (Å²) in [5.41, 5.74) is 1.34. The van der Waals surface area contributed by atoms with Gasteiger partial charge in [0, 0.05) is 19.1 Å². The molecule has 0 fully saturated rings. The van der Waals surface area contributed by atoms with Gasteiger partial charge in [0.15, 0.2) is 0 Å². The van der Waals surface area contributed by atoms with Gasteiger partial charge in [0.2, 0.25) is 5.91 Å². The van der Waals surface area contributed by atoms with Crippen LogP contribution in [0.15, 0.2) is 53.3 Å². The molecular formula is C19H20ClN3O3. The number of nitrogens with zero attached hydrogens (tertiary/aromatic N) is 3. The van der Waals surface area contributed by atoms with Gasteiger partial charge < -0.3 is 9.64 Å². The number of halogens is 1. The van der Waals surface area contributed by atoms with Crippen molar-refractivity contribution in [2.45, 2.75) is 6.54 Å². The lowest BCUT2D eigenvalue weighted by Crippen LogP contribution is -2.36. The first-order chi connectivity index (χ1) is 12.5. The lowest BCUT2D eigenvalue weighted by atomic mass is 10.3. The van der Waals surface area contributed by atoms with Gasteiger partial charge in [-0.15, -0.1) is 0 Å². The molecule has 0 radical (unpaired) electrons. The summed E-state index contributed by atoms with van der Waals surface area (Å²) in [6.45, 7) is 0.742. The van der Waals surface area contributed by atoms with Gasteiger partial charge in [-0.25, -0.2) is 4.79 Å². The number of amides is 1. The summed E-state index contributed by atoms with van der Waals surface area (Å²) in [6.07, 6.45) is 0. The number of para-hydroxylation sites is 2. The van der Waals surface area contributed by atoms with Gasteiger partial charge in [0.05, 0.1) is 17.6 Å². The normalized spacial score (nSPS) is 10.9. The van der Waals surface area contributed by atoms with Crippen molar-refractivity contribution in [2.24, 2.45) is 7.05 Å². The fraction of sp³-hybridized carbons (Fsp3) is 0.263. The lowest BCUT2D eigenvalue weighted by Gasteiger charge is -2.18. The predicted molar refractivity (Wildman–Crippen MR) is 102 cm³/mol. The van der Waals surface area contributed by atoms with E-state index in [9.17, 15) is 9.59 Å². The minimum atomic E-state index is -0.205. The highest BCUT2D eigenvalue weighted by atomic mass is 35.5. The molecule has 0 N–H and O–H groups in total. The molecule has 26 heavy (non-hydrogen) atoms. The van der Waals surface area contributed by atoms with E-state index in [1.807, 2.05) is 30.3 Å². The number of aromatic nitrogens is 2. The molecule has 1 heterocycles. The monoisotopic (exact) mass is 373 g/mol. The van der Waals surface area contributed by atoms with Gasteiger partial charge in [-0.3, -0.25) is 13.9 Å². The molecule has 3 rings (SSSR count). The van der Waals surface area contributed by atoms with Gasteiger partial charge in [0.1, 0.15) is 18.9 Å². The average molecular weight is 374 g/mol. The van der Waals surface area contributed by atoms with E-state index in [2.05, 4.69) is 0 Å². The Balaban J connectivity index is 1.63. The molecule has 0 atom stereocenters. The van der Waals surface area contributed by atoms with Crippen LogP contribution in [0.1, 0.15) is 0 Å². The minimum absolute atomic E-state index is 0.00610. The van der Waals surface area contributed by atoms with E-state index in [0.717, 1.165) is 11.0 Å². The van der Waals surface area contributed by atoms with E-state index in [-0.39, 0.29) is 18.1 Å². The van der Waals surface area contributed by atoms with Crippen molar-refractivity contribution in [3.63, 3.8) is 0 Å². The summed E-state index contributed by atoms with van der Waals surface area (Å²) in [6, 6.07) is 14.5. The molecule has 1 amide bonds. The first-order valence-electron chi connectivity index (χ1n) is 8.24. The molecule has 0 saturated heterocycles. The molecular weight excluding hydrogens is 354 g/mol. The van der Waals surface area contributed by atoms with Gasteiger partial charge >= 0.3 is 5.69 Å². The van der Waals surface area contributed by atoms with Crippen LogP contribution in [0.25, 0.3) is 11.0 Å². The van der Waals surface area contributed by atoms with Gasteiger partial charge in [-0.1, -0.05) is 29.8 Å². The van der Waals surface area contributed by atoms with Crippen molar-refractivity contribution in [1.82, 2.24) is 14.0 Å². The van der Waals surface area contributed by atoms with Crippen molar-refractivity contribution < 1.29 is 9.53 Å². The Kier molecular flexibility index (Phi) is 5.32. The largest absolute Gasteiger partial charge is 0.492 e. The zero-order valence-corrected chi connectivity index (χ0v) is 15.4. The molecule has 0 bridgehead atoms. The zero-order valence-electron chi connectivity index (χ0n) is 14.7. The first-order valence-corrected chi connectivity index (χ1v) is 8.62. The third kappa shape index (κ3) is 3.75. The molecule has 0 spiro atoms. The molecule has 2 aromatic carbocycles. The Morgan fingerprint density at radius 1 is 1.15 bits per heavy atom. The summed E-state index contributed by atoms with van der Waals surface area (Å²) in [4.78, 5) is 26.4. The minimum Gasteiger partial charge on any atom is -0.492 e. The molecule has 136 valence electrons. The van der Waals surface area contributed by atoms with Crippen LogP contribution in [-0.2, 0) is 18.4 Å². The second-order valence-corrected chi connectivity index (χ2v) is 6.47. The standard InChI is InChI=1S/C19H20ClN3O3/c1-21(10-11-26-15-7-5-6-14(20)12-15)18(24)13-23-17-9-4-3-8-16(17)22(2)19(23)25/h3-9,12H,10-11,13H2,1-2H3. The maximum absolute atomic E-state index is 12.5. The predicted octanol–water partition coefficient (Wildman–Crippen LogP) is 2.53. The smallest absolute Gasteiger partial charge is 0.329 e. The molecule has 1 aromatic heterocycles. The molecule has 0 aliphatic carbocycles. The number of aryl methyl sites for hydroxylation is 1. The fourth-order valence-corrected chi connectivity index (χ4v) is 2.93. The van der Waals surface area contributed by atoms with Crippen LogP contribution in [-0.4, -0.2) is 40.1 Å². The van der Waals surface area contributed by atoms with Crippen LogP contribution in [0, 0.1) is 0 Å². The highest BCUT2D eigenvalue weighted by Gasteiger charge is 2.15. The quantitative estimate of drug-likeness (QED) is 0.667. The van der Waals surface area contributed by atoms with E-state index in [1.54, 1.807) is 41.8 Å². The number of likely N-dealkylation sites (N-methyl/N-ethyl adjacent to an activating group) is 1. The van der Waals surface area contributed by atoms with E-state index < -0.39 is 0 Å². The fourth-order valence-electron chi connectivity index (χ4n) is 2.75. The van der Waals surface area contributed by atoms with Gasteiger partial charge in [0.25, 0.3) is 0 Å². The lowest BCUT2D eigenvalue weighted by molar-refractivity contribution is -0.130. The summed E-state index contributed by atoms with van der Waals surface area (Å²) < 4.78 is 8.64. The molecule has 0 unspecified atom stereocenters. The van der Waals surface area contributed by atoms with Crippen molar-refractivity contribution in [3.05, 3.63) is 64.0 Å². The number of ether oxygens (including phenoxy) is 1. The number of benzene rings is 2. The highest BCUT2D eigenvalue weighted by Crippen LogP contribution is 2.17. The van der Waals surface area contributed by atoms with E-state index >= 15 is 0 Å². The second-order valence-electron chi connectivity index (χ2n) is 6.04.